The van der Waals surface area contributed by atoms with E-state index in [2.05, 4.69) is 27.2 Å². The van der Waals surface area contributed by atoms with Gasteiger partial charge < -0.3 is 10.2 Å². The van der Waals surface area contributed by atoms with E-state index in [-0.39, 0.29) is 11.9 Å². The summed E-state index contributed by atoms with van der Waals surface area (Å²) in [5, 5.41) is 7.23. The number of nitrogens with one attached hydrogen (secondary N) is 1. The van der Waals surface area contributed by atoms with Gasteiger partial charge in [0.25, 0.3) is 0 Å². The Hall–Kier alpha value is -2.96. The minimum atomic E-state index is -0.423. The number of fused-ring (bicyclic) bond motifs is 1. The number of imidazole rings is 1. The normalized spacial score (nSPS) is 17.2. The van der Waals surface area contributed by atoms with Crippen LogP contribution in [0.15, 0.2) is 42.6 Å². The largest absolute Gasteiger partial charge is 0.348 e. The average molecular weight is 338 g/mol. The number of hydrogen-bond donors (Lipinski definition) is 1. The summed E-state index contributed by atoms with van der Waals surface area (Å²) < 4.78 is 15.2. The first-order valence-electron chi connectivity index (χ1n) is 8.11. The molecule has 1 atom stereocenters. The fraction of sp³-hybridized carbons (Fsp3) is 0.222. The topological polar surface area (TPSA) is 62.5 Å². The van der Waals surface area contributed by atoms with Crippen molar-refractivity contribution in [1.29, 1.82) is 0 Å². The molecule has 6 nitrogen and oxygen atoms in total. The highest BCUT2D eigenvalue weighted by Gasteiger charge is 2.27. The van der Waals surface area contributed by atoms with E-state index >= 15 is 0 Å². The van der Waals surface area contributed by atoms with Gasteiger partial charge in [0.15, 0.2) is 11.5 Å². The summed E-state index contributed by atoms with van der Waals surface area (Å²) >= 11 is 0. The summed E-state index contributed by atoms with van der Waals surface area (Å²) in [6, 6.07) is 10.5. The molecule has 1 saturated heterocycles. The second kappa shape index (κ2) is 6.16. The molecular weight excluding hydrogens is 321 g/mol. The highest BCUT2D eigenvalue weighted by molar-refractivity contribution is 5.93. The summed E-state index contributed by atoms with van der Waals surface area (Å²) in [7, 11) is 0. The van der Waals surface area contributed by atoms with Crippen molar-refractivity contribution in [1.82, 2.24) is 14.6 Å². The van der Waals surface area contributed by atoms with Crippen LogP contribution in [-0.2, 0) is 4.79 Å². The van der Waals surface area contributed by atoms with E-state index < -0.39 is 5.91 Å². The molecule has 25 heavy (non-hydrogen) atoms. The van der Waals surface area contributed by atoms with Crippen molar-refractivity contribution in [2.45, 2.75) is 18.9 Å². The lowest BCUT2D eigenvalue weighted by atomic mass is 10.0. The number of benzene rings is 1. The molecule has 1 N–H and O–H groups in total. The molecule has 0 bridgehead atoms. The molecule has 127 valence electrons. The van der Waals surface area contributed by atoms with E-state index in [1.807, 2.05) is 18.2 Å². The summed E-state index contributed by atoms with van der Waals surface area (Å²) in [6.45, 7) is 4.15. The Labute approximate surface area is 144 Å². The highest BCUT2D eigenvalue weighted by atomic mass is 19.1. The van der Waals surface area contributed by atoms with Gasteiger partial charge in [0, 0.05) is 13.5 Å². The second-order valence-corrected chi connectivity index (χ2v) is 6.06. The zero-order valence-electron chi connectivity index (χ0n) is 13.5. The molecule has 3 aromatic rings. The van der Waals surface area contributed by atoms with Gasteiger partial charge in [-0.05, 0) is 42.7 Å². The van der Waals surface area contributed by atoms with Gasteiger partial charge in [-0.2, -0.15) is 4.52 Å². The predicted octanol–water partition coefficient (Wildman–Crippen LogP) is 2.98. The van der Waals surface area contributed by atoms with Crippen molar-refractivity contribution in [3.05, 3.63) is 60.9 Å². The Balaban J connectivity index is 1.71. The lowest BCUT2D eigenvalue weighted by Crippen LogP contribution is -2.24. The highest BCUT2D eigenvalue weighted by Crippen LogP contribution is 2.35. The molecule has 1 aliphatic heterocycles. The molecule has 1 fully saturated rings. The number of carbonyl (C=O) groups excluding carboxylic acids is 1. The van der Waals surface area contributed by atoms with Gasteiger partial charge in [-0.3, -0.25) is 4.79 Å². The monoisotopic (exact) mass is 338 g/mol. The summed E-state index contributed by atoms with van der Waals surface area (Å²) in [5.41, 5.74) is 1.57. The number of hydrogen-bond acceptors (Lipinski definition) is 4. The number of carbonyl (C=O) groups is 1. The fourth-order valence-electron chi connectivity index (χ4n) is 3.35. The van der Waals surface area contributed by atoms with Crippen LogP contribution < -0.4 is 10.2 Å². The molecule has 1 radical (unpaired) electrons. The van der Waals surface area contributed by atoms with Gasteiger partial charge in [-0.15, -0.1) is 5.10 Å². The Morgan fingerprint density at radius 1 is 1.32 bits per heavy atom. The van der Waals surface area contributed by atoms with Crippen LogP contribution in [0.2, 0.25) is 0 Å². The standard InChI is InChI=1S/C18H17FN5O/c1-12(25)21-18-11-20-16-7-8-17(22-24(16)18)23-9-3-6-15(23)13-4-2-5-14(19)10-13/h2,4-5,7-8,10-11,15H,1,3,6,9H2,(H,21,25)/t15-/m1/s1. The minimum absolute atomic E-state index is 0.0788. The van der Waals surface area contributed by atoms with Crippen molar-refractivity contribution in [3.8, 4) is 0 Å². The Bertz CT molecular complexity index is 938. The van der Waals surface area contributed by atoms with Gasteiger partial charge in [-0.25, -0.2) is 9.37 Å². The van der Waals surface area contributed by atoms with E-state index in [1.54, 1.807) is 22.8 Å². The van der Waals surface area contributed by atoms with Gasteiger partial charge >= 0.3 is 0 Å². The minimum Gasteiger partial charge on any atom is -0.348 e. The Morgan fingerprint density at radius 2 is 2.20 bits per heavy atom. The summed E-state index contributed by atoms with van der Waals surface area (Å²) in [4.78, 5) is 17.6. The van der Waals surface area contributed by atoms with Crippen LogP contribution in [0.1, 0.15) is 24.4 Å². The molecule has 1 aromatic carbocycles. The number of anilines is 2. The number of amides is 1. The average Bonchev–Trinajstić information content (AvgIpc) is 3.21. The third-order valence-electron chi connectivity index (χ3n) is 4.40. The molecule has 0 saturated carbocycles. The van der Waals surface area contributed by atoms with Crippen molar-refractivity contribution in [3.63, 3.8) is 0 Å². The quantitative estimate of drug-likeness (QED) is 0.797. The van der Waals surface area contributed by atoms with Gasteiger partial charge in [0.1, 0.15) is 11.6 Å². The molecule has 1 aliphatic rings. The van der Waals surface area contributed by atoms with Crippen LogP contribution in [0.4, 0.5) is 16.0 Å². The number of rotatable bonds is 3. The smallest absolute Gasteiger partial charge is 0.226 e. The van der Waals surface area contributed by atoms with Crippen LogP contribution >= 0.6 is 0 Å². The zero-order chi connectivity index (χ0) is 17.4. The SMILES string of the molecule is [CH2]C(=O)Nc1cnc2ccc(N3CCC[C@@H]3c3cccc(F)c3)nn12. The Kier molecular flexibility index (Phi) is 3.83. The van der Waals surface area contributed by atoms with E-state index in [0.717, 1.165) is 30.8 Å². The van der Waals surface area contributed by atoms with Crippen LogP contribution in [0, 0.1) is 12.7 Å². The summed E-state index contributed by atoms with van der Waals surface area (Å²) in [6.07, 6.45) is 3.49. The maximum absolute atomic E-state index is 13.6. The Morgan fingerprint density at radius 3 is 3.00 bits per heavy atom. The van der Waals surface area contributed by atoms with Crippen molar-refractivity contribution in [2.24, 2.45) is 0 Å². The predicted molar refractivity (Wildman–Crippen MR) is 92.7 cm³/mol. The van der Waals surface area contributed by atoms with Gasteiger partial charge in [-0.1, -0.05) is 12.1 Å². The third-order valence-corrected chi connectivity index (χ3v) is 4.40. The number of aromatic nitrogens is 3. The van der Waals surface area contributed by atoms with Crippen LogP contribution in [0.5, 0.6) is 0 Å². The first-order valence-corrected chi connectivity index (χ1v) is 8.11. The molecule has 0 aliphatic carbocycles. The van der Waals surface area contributed by atoms with Crippen molar-refractivity contribution < 1.29 is 9.18 Å². The van der Waals surface area contributed by atoms with E-state index in [1.165, 1.54) is 6.07 Å². The van der Waals surface area contributed by atoms with Gasteiger partial charge in [0.2, 0.25) is 5.91 Å². The number of halogens is 1. The lowest BCUT2D eigenvalue weighted by Gasteiger charge is -2.26. The lowest BCUT2D eigenvalue weighted by molar-refractivity contribution is -0.112. The van der Waals surface area contributed by atoms with Crippen molar-refractivity contribution >= 4 is 23.2 Å². The summed E-state index contributed by atoms with van der Waals surface area (Å²) in [5.74, 6) is 0.575. The molecule has 4 rings (SSSR count). The molecule has 7 heteroatoms. The third kappa shape index (κ3) is 2.93. The molecule has 0 spiro atoms. The van der Waals surface area contributed by atoms with Crippen LogP contribution in [0.25, 0.3) is 5.65 Å². The maximum atomic E-state index is 13.6. The van der Waals surface area contributed by atoms with Crippen molar-refractivity contribution in [2.75, 3.05) is 16.8 Å². The second-order valence-electron chi connectivity index (χ2n) is 6.06. The first-order chi connectivity index (χ1) is 12.1. The molecule has 0 unspecified atom stereocenters. The number of nitrogens with zero attached hydrogens (tertiary/aromatic N) is 4. The molecule has 1 amide bonds. The molecule has 2 aromatic heterocycles. The van der Waals surface area contributed by atoms with Crippen LogP contribution in [0.3, 0.4) is 0 Å². The fourth-order valence-corrected chi connectivity index (χ4v) is 3.35. The van der Waals surface area contributed by atoms with E-state index in [4.69, 9.17) is 0 Å². The van der Waals surface area contributed by atoms with Gasteiger partial charge in [0.05, 0.1) is 12.2 Å². The van der Waals surface area contributed by atoms with E-state index in [9.17, 15) is 9.18 Å². The van der Waals surface area contributed by atoms with E-state index in [0.29, 0.717) is 11.5 Å². The molecule has 3 heterocycles. The molecular formula is C18H17FN5O. The van der Waals surface area contributed by atoms with Crippen LogP contribution in [-0.4, -0.2) is 27.0 Å². The maximum Gasteiger partial charge on any atom is 0.226 e. The first kappa shape index (κ1) is 15.6. The zero-order valence-corrected chi connectivity index (χ0v) is 13.5.